The largest absolute Gasteiger partial charge is 0.323 e. The number of fused-ring (bicyclic) bond motifs is 1. The summed E-state index contributed by atoms with van der Waals surface area (Å²) in [4.78, 5) is 12.7. The fraction of sp³-hybridized carbons (Fsp3) is 0.562. The molecule has 116 valence electrons. The molecule has 2 N–H and O–H groups in total. The number of carbonyl (C=O) groups excluding carboxylic acids is 1. The van der Waals surface area contributed by atoms with E-state index in [4.69, 9.17) is 0 Å². The van der Waals surface area contributed by atoms with E-state index in [9.17, 15) is 9.18 Å². The normalized spacial score (nSPS) is 27.6. The fourth-order valence-corrected chi connectivity index (χ4v) is 3.67. The summed E-state index contributed by atoms with van der Waals surface area (Å²) in [7, 11) is 0. The number of hydrogen-bond acceptors (Lipinski definition) is 2. The third-order valence-corrected chi connectivity index (χ3v) is 4.86. The highest BCUT2D eigenvalue weighted by atomic mass is 35.5. The molecule has 0 spiro atoms. The molecule has 1 aromatic carbocycles. The third-order valence-electron chi connectivity index (χ3n) is 4.86. The van der Waals surface area contributed by atoms with Gasteiger partial charge in [-0.05, 0) is 49.9 Å². The number of nitrogens with one attached hydrogen (secondary N) is 2. The molecule has 3 nitrogen and oxygen atoms in total. The van der Waals surface area contributed by atoms with E-state index >= 15 is 0 Å². The first-order chi connectivity index (χ1) is 9.62. The Hall–Kier alpha value is -1.13. The number of anilines is 1. The standard InChI is InChI=1S/C16H21FN2O.ClH/c1-11-5-6-13(17)14(8-11)19-15(20)16-7-3-2-4-12(16)9-18-10-16;/h5-6,8,12,18H,2-4,7,9-10H2,1H3,(H,19,20);1H/t12-,16+;/m0./s1. The lowest BCUT2D eigenvalue weighted by atomic mass is 9.67. The van der Waals surface area contributed by atoms with Gasteiger partial charge in [0.2, 0.25) is 5.91 Å². The number of benzene rings is 1. The van der Waals surface area contributed by atoms with Crippen LogP contribution in [0.25, 0.3) is 0 Å². The van der Waals surface area contributed by atoms with Gasteiger partial charge in [-0.1, -0.05) is 18.9 Å². The Bertz CT molecular complexity index is 537. The summed E-state index contributed by atoms with van der Waals surface area (Å²) in [6.45, 7) is 3.52. The van der Waals surface area contributed by atoms with E-state index in [1.165, 1.54) is 12.5 Å². The maximum atomic E-state index is 13.8. The Labute approximate surface area is 131 Å². The molecule has 1 aliphatic heterocycles. The van der Waals surface area contributed by atoms with E-state index in [-0.39, 0.29) is 29.5 Å². The Morgan fingerprint density at radius 1 is 1.43 bits per heavy atom. The number of amides is 1. The predicted molar refractivity (Wildman–Crippen MR) is 84.3 cm³/mol. The Kier molecular flexibility index (Phi) is 4.89. The van der Waals surface area contributed by atoms with Crippen molar-refractivity contribution >= 4 is 24.0 Å². The van der Waals surface area contributed by atoms with Gasteiger partial charge in [-0.3, -0.25) is 4.79 Å². The van der Waals surface area contributed by atoms with Crippen molar-refractivity contribution in [2.45, 2.75) is 32.6 Å². The van der Waals surface area contributed by atoms with Crippen molar-refractivity contribution in [3.8, 4) is 0 Å². The van der Waals surface area contributed by atoms with Crippen LogP contribution in [0.5, 0.6) is 0 Å². The van der Waals surface area contributed by atoms with E-state index in [1.54, 1.807) is 12.1 Å². The van der Waals surface area contributed by atoms with E-state index in [2.05, 4.69) is 10.6 Å². The smallest absolute Gasteiger partial charge is 0.232 e. The van der Waals surface area contributed by atoms with Gasteiger partial charge < -0.3 is 10.6 Å². The van der Waals surface area contributed by atoms with Gasteiger partial charge in [-0.2, -0.15) is 0 Å². The molecule has 1 saturated carbocycles. The second-order valence-corrected chi connectivity index (χ2v) is 6.17. The molecule has 1 saturated heterocycles. The van der Waals surface area contributed by atoms with Crippen LogP contribution in [0.15, 0.2) is 18.2 Å². The topological polar surface area (TPSA) is 41.1 Å². The summed E-state index contributed by atoms with van der Waals surface area (Å²) in [6.07, 6.45) is 4.28. The van der Waals surface area contributed by atoms with Crippen molar-refractivity contribution in [3.05, 3.63) is 29.6 Å². The lowest BCUT2D eigenvalue weighted by Gasteiger charge is -2.37. The van der Waals surface area contributed by atoms with Gasteiger partial charge in [-0.25, -0.2) is 4.39 Å². The van der Waals surface area contributed by atoms with E-state index < -0.39 is 0 Å². The Balaban J connectivity index is 0.00000161. The highest BCUT2D eigenvalue weighted by Gasteiger charge is 2.49. The summed E-state index contributed by atoms with van der Waals surface area (Å²) >= 11 is 0. The molecule has 3 rings (SSSR count). The van der Waals surface area contributed by atoms with Gasteiger partial charge in [0.15, 0.2) is 0 Å². The van der Waals surface area contributed by atoms with E-state index in [0.29, 0.717) is 11.6 Å². The monoisotopic (exact) mass is 312 g/mol. The van der Waals surface area contributed by atoms with Crippen LogP contribution in [-0.2, 0) is 4.79 Å². The maximum Gasteiger partial charge on any atom is 0.232 e. The molecule has 0 radical (unpaired) electrons. The van der Waals surface area contributed by atoms with Gasteiger partial charge in [0.1, 0.15) is 5.82 Å². The average Bonchev–Trinajstić information content (AvgIpc) is 2.88. The minimum Gasteiger partial charge on any atom is -0.323 e. The summed E-state index contributed by atoms with van der Waals surface area (Å²) in [5, 5.41) is 6.17. The molecule has 2 aliphatic rings. The lowest BCUT2D eigenvalue weighted by Crippen LogP contribution is -2.44. The maximum absolute atomic E-state index is 13.8. The molecular formula is C16H22ClFN2O. The first-order valence-electron chi connectivity index (χ1n) is 7.40. The zero-order chi connectivity index (χ0) is 14.2. The van der Waals surface area contributed by atoms with Crippen LogP contribution in [-0.4, -0.2) is 19.0 Å². The molecule has 1 aromatic rings. The van der Waals surface area contributed by atoms with Crippen molar-refractivity contribution in [1.29, 1.82) is 0 Å². The molecule has 1 heterocycles. The quantitative estimate of drug-likeness (QED) is 0.880. The molecule has 5 heteroatoms. The SMILES string of the molecule is Cc1ccc(F)c(NC(=O)[C@@]23CCCC[C@H]2CNC3)c1.Cl. The number of halogens is 2. The zero-order valence-electron chi connectivity index (χ0n) is 12.2. The van der Waals surface area contributed by atoms with Crippen molar-refractivity contribution in [2.75, 3.05) is 18.4 Å². The molecule has 1 amide bonds. The highest BCUT2D eigenvalue weighted by Crippen LogP contribution is 2.44. The van der Waals surface area contributed by atoms with Crippen LogP contribution in [0.2, 0.25) is 0 Å². The Morgan fingerprint density at radius 3 is 3.05 bits per heavy atom. The fourth-order valence-electron chi connectivity index (χ4n) is 3.67. The van der Waals surface area contributed by atoms with Crippen molar-refractivity contribution in [1.82, 2.24) is 5.32 Å². The van der Waals surface area contributed by atoms with Gasteiger partial charge in [0, 0.05) is 6.54 Å². The van der Waals surface area contributed by atoms with Crippen molar-refractivity contribution < 1.29 is 9.18 Å². The van der Waals surface area contributed by atoms with E-state index in [1.807, 2.05) is 6.92 Å². The van der Waals surface area contributed by atoms with Crippen LogP contribution in [0.4, 0.5) is 10.1 Å². The number of carbonyl (C=O) groups is 1. The summed E-state index contributed by atoms with van der Waals surface area (Å²) in [6, 6.07) is 4.82. The second kappa shape index (κ2) is 6.32. The van der Waals surface area contributed by atoms with Gasteiger partial charge in [-0.15, -0.1) is 12.4 Å². The van der Waals surface area contributed by atoms with Crippen LogP contribution in [0.3, 0.4) is 0 Å². The zero-order valence-corrected chi connectivity index (χ0v) is 13.1. The van der Waals surface area contributed by atoms with Crippen LogP contribution >= 0.6 is 12.4 Å². The van der Waals surface area contributed by atoms with Gasteiger partial charge in [0.25, 0.3) is 0 Å². The lowest BCUT2D eigenvalue weighted by molar-refractivity contribution is -0.128. The molecular weight excluding hydrogens is 291 g/mol. The third kappa shape index (κ3) is 2.92. The number of rotatable bonds is 2. The summed E-state index contributed by atoms with van der Waals surface area (Å²) < 4.78 is 13.8. The van der Waals surface area contributed by atoms with Gasteiger partial charge in [0.05, 0.1) is 11.1 Å². The van der Waals surface area contributed by atoms with Crippen molar-refractivity contribution in [2.24, 2.45) is 11.3 Å². The van der Waals surface area contributed by atoms with Crippen LogP contribution in [0, 0.1) is 24.1 Å². The minimum absolute atomic E-state index is 0. The predicted octanol–water partition coefficient (Wildman–Crippen LogP) is 3.27. The molecule has 0 unspecified atom stereocenters. The molecule has 21 heavy (non-hydrogen) atoms. The summed E-state index contributed by atoms with van der Waals surface area (Å²) in [5.41, 5.74) is 0.915. The molecule has 1 aliphatic carbocycles. The number of hydrogen-bond donors (Lipinski definition) is 2. The molecule has 0 bridgehead atoms. The minimum atomic E-state index is -0.362. The Morgan fingerprint density at radius 2 is 2.24 bits per heavy atom. The number of aryl methyl sites for hydroxylation is 1. The van der Waals surface area contributed by atoms with Crippen molar-refractivity contribution in [3.63, 3.8) is 0 Å². The molecule has 0 aromatic heterocycles. The molecule has 2 fully saturated rings. The van der Waals surface area contributed by atoms with Gasteiger partial charge >= 0.3 is 0 Å². The second-order valence-electron chi connectivity index (χ2n) is 6.17. The summed E-state index contributed by atoms with van der Waals surface area (Å²) in [5.74, 6) is 0.0134. The first-order valence-corrected chi connectivity index (χ1v) is 7.40. The first kappa shape index (κ1) is 16.2. The van der Waals surface area contributed by atoms with Crippen LogP contribution in [0.1, 0.15) is 31.2 Å². The average molecular weight is 313 g/mol. The molecule has 2 atom stereocenters. The highest BCUT2D eigenvalue weighted by molar-refractivity contribution is 5.96. The van der Waals surface area contributed by atoms with Crippen LogP contribution < -0.4 is 10.6 Å². The van der Waals surface area contributed by atoms with E-state index in [0.717, 1.165) is 37.9 Å².